The lowest BCUT2D eigenvalue weighted by Crippen LogP contribution is -2.27. The minimum atomic E-state index is -0.609. The van der Waals surface area contributed by atoms with E-state index in [4.69, 9.17) is 5.26 Å². The Morgan fingerprint density at radius 1 is 1.41 bits per heavy atom. The van der Waals surface area contributed by atoms with Crippen molar-refractivity contribution in [2.24, 2.45) is 0 Å². The molecule has 0 aromatic heterocycles. The number of rotatable bonds is 4. The summed E-state index contributed by atoms with van der Waals surface area (Å²) >= 11 is 0. The standard InChI is InChI=1S/C12H14F2N2O/c1-8(6-15)16(2)7-9-4-11(14)12(17-3)5-10(9)13/h4-5,8H,7H2,1-3H3. The van der Waals surface area contributed by atoms with Crippen molar-refractivity contribution in [1.82, 2.24) is 4.90 Å². The maximum Gasteiger partial charge on any atom is 0.165 e. The topological polar surface area (TPSA) is 36.3 Å². The van der Waals surface area contributed by atoms with E-state index in [9.17, 15) is 8.78 Å². The first-order valence-electron chi connectivity index (χ1n) is 5.11. The Labute approximate surface area is 99.2 Å². The van der Waals surface area contributed by atoms with Crippen LogP contribution >= 0.6 is 0 Å². The van der Waals surface area contributed by atoms with Gasteiger partial charge in [0.05, 0.1) is 19.2 Å². The van der Waals surface area contributed by atoms with Crippen LogP contribution in [0.5, 0.6) is 5.75 Å². The van der Waals surface area contributed by atoms with Crippen LogP contribution in [0, 0.1) is 23.0 Å². The van der Waals surface area contributed by atoms with Gasteiger partial charge in [-0.25, -0.2) is 8.78 Å². The molecule has 0 saturated carbocycles. The van der Waals surface area contributed by atoms with Crippen LogP contribution in [0.4, 0.5) is 8.78 Å². The highest BCUT2D eigenvalue weighted by atomic mass is 19.1. The van der Waals surface area contributed by atoms with Crippen LogP contribution in [0.3, 0.4) is 0 Å². The van der Waals surface area contributed by atoms with Crippen LogP contribution in [-0.2, 0) is 6.54 Å². The molecule has 0 saturated heterocycles. The van der Waals surface area contributed by atoms with Crippen LogP contribution < -0.4 is 4.74 Å². The molecule has 0 fully saturated rings. The van der Waals surface area contributed by atoms with Gasteiger partial charge < -0.3 is 4.74 Å². The monoisotopic (exact) mass is 240 g/mol. The fraction of sp³-hybridized carbons (Fsp3) is 0.417. The van der Waals surface area contributed by atoms with Gasteiger partial charge in [0, 0.05) is 18.2 Å². The molecule has 92 valence electrons. The predicted octanol–water partition coefficient (Wildman–Crippen LogP) is 2.32. The summed E-state index contributed by atoms with van der Waals surface area (Å²) in [6.45, 7) is 1.86. The molecule has 0 N–H and O–H groups in total. The molecule has 1 rings (SSSR count). The van der Waals surface area contributed by atoms with E-state index in [0.717, 1.165) is 12.1 Å². The van der Waals surface area contributed by atoms with Gasteiger partial charge in [0.2, 0.25) is 0 Å². The second-order valence-corrected chi connectivity index (χ2v) is 3.80. The Bertz CT molecular complexity index is 443. The molecule has 0 bridgehead atoms. The lowest BCUT2D eigenvalue weighted by atomic mass is 10.1. The van der Waals surface area contributed by atoms with Gasteiger partial charge in [0.25, 0.3) is 0 Å². The zero-order valence-corrected chi connectivity index (χ0v) is 10.00. The van der Waals surface area contributed by atoms with Crippen molar-refractivity contribution in [3.8, 4) is 11.8 Å². The molecule has 0 aliphatic rings. The lowest BCUT2D eigenvalue weighted by Gasteiger charge is -2.19. The Kier molecular flexibility index (Phi) is 4.41. The molecular weight excluding hydrogens is 226 g/mol. The number of hydrogen-bond acceptors (Lipinski definition) is 3. The maximum atomic E-state index is 13.6. The van der Waals surface area contributed by atoms with Crippen LogP contribution in [0.15, 0.2) is 12.1 Å². The second kappa shape index (κ2) is 5.60. The average molecular weight is 240 g/mol. The summed E-state index contributed by atoms with van der Waals surface area (Å²) in [6.07, 6.45) is 0. The van der Waals surface area contributed by atoms with Crippen LogP contribution in [0.1, 0.15) is 12.5 Å². The maximum absolute atomic E-state index is 13.6. The van der Waals surface area contributed by atoms with Crippen LogP contribution in [-0.4, -0.2) is 25.1 Å². The molecule has 1 aromatic rings. The van der Waals surface area contributed by atoms with E-state index in [1.165, 1.54) is 7.11 Å². The van der Waals surface area contributed by atoms with Gasteiger partial charge in [-0.05, 0) is 20.0 Å². The fourth-order valence-corrected chi connectivity index (χ4v) is 1.35. The number of hydrogen-bond donors (Lipinski definition) is 0. The number of benzene rings is 1. The number of nitriles is 1. The quantitative estimate of drug-likeness (QED) is 0.810. The van der Waals surface area contributed by atoms with E-state index < -0.39 is 11.6 Å². The van der Waals surface area contributed by atoms with Gasteiger partial charge in [0.15, 0.2) is 11.6 Å². The molecule has 1 atom stereocenters. The molecular formula is C12H14F2N2O. The van der Waals surface area contributed by atoms with Gasteiger partial charge in [0.1, 0.15) is 5.82 Å². The summed E-state index contributed by atoms with van der Waals surface area (Å²) < 4.78 is 31.7. The third kappa shape index (κ3) is 3.14. The van der Waals surface area contributed by atoms with E-state index in [0.29, 0.717) is 0 Å². The Balaban J connectivity index is 2.93. The Morgan fingerprint density at radius 3 is 2.59 bits per heavy atom. The van der Waals surface area contributed by atoms with E-state index in [1.807, 2.05) is 6.07 Å². The number of nitrogens with zero attached hydrogens (tertiary/aromatic N) is 2. The van der Waals surface area contributed by atoms with Gasteiger partial charge in [-0.3, -0.25) is 4.90 Å². The van der Waals surface area contributed by atoms with Crippen molar-refractivity contribution in [2.45, 2.75) is 19.5 Å². The molecule has 1 aromatic carbocycles. The summed E-state index contributed by atoms with van der Waals surface area (Å²) in [7, 11) is 2.96. The van der Waals surface area contributed by atoms with Crippen molar-refractivity contribution in [1.29, 1.82) is 5.26 Å². The number of methoxy groups -OCH3 is 1. The van der Waals surface area contributed by atoms with Crippen molar-refractivity contribution < 1.29 is 13.5 Å². The van der Waals surface area contributed by atoms with Crippen molar-refractivity contribution in [3.63, 3.8) is 0 Å². The molecule has 1 unspecified atom stereocenters. The summed E-state index contributed by atoms with van der Waals surface area (Å²) in [6, 6.07) is 3.77. The van der Waals surface area contributed by atoms with Crippen molar-refractivity contribution >= 4 is 0 Å². The second-order valence-electron chi connectivity index (χ2n) is 3.80. The normalized spacial score (nSPS) is 12.3. The first-order chi connectivity index (χ1) is 7.99. The minimum absolute atomic E-state index is 0.123. The molecule has 17 heavy (non-hydrogen) atoms. The Morgan fingerprint density at radius 2 is 2.06 bits per heavy atom. The SMILES string of the molecule is COc1cc(F)c(CN(C)C(C)C#N)cc1F. The Hall–Kier alpha value is -1.67. The van der Waals surface area contributed by atoms with E-state index in [-0.39, 0.29) is 23.9 Å². The van der Waals surface area contributed by atoms with E-state index >= 15 is 0 Å². The highest BCUT2D eigenvalue weighted by molar-refractivity contribution is 5.30. The molecule has 0 aliphatic heterocycles. The smallest absolute Gasteiger partial charge is 0.165 e. The molecule has 3 nitrogen and oxygen atoms in total. The van der Waals surface area contributed by atoms with Gasteiger partial charge in [-0.1, -0.05) is 0 Å². The molecule has 0 amide bonds. The molecule has 5 heteroatoms. The number of ether oxygens (including phenoxy) is 1. The molecule has 0 aliphatic carbocycles. The first-order valence-corrected chi connectivity index (χ1v) is 5.11. The first kappa shape index (κ1) is 13.4. The average Bonchev–Trinajstić information content (AvgIpc) is 2.32. The highest BCUT2D eigenvalue weighted by Gasteiger charge is 2.14. The minimum Gasteiger partial charge on any atom is -0.494 e. The summed E-state index contributed by atoms with van der Waals surface area (Å²) in [4.78, 5) is 1.63. The largest absolute Gasteiger partial charge is 0.494 e. The van der Waals surface area contributed by atoms with Crippen molar-refractivity contribution in [3.05, 3.63) is 29.3 Å². The van der Waals surface area contributed by atoms with Crippen LogP contribution in [0.25, 0.3) is 0 Å². The molecule has 0 radical (unpaired) electrons. The lowest BCUT2D eigenvalue weighted by molar-refractivity contribution is 0.288. The summed E-state index contributed by atoms with van der Waals surface area (Å²) in [5, 5.41) is 8.71. The van der Waals surface area contributed by atoms with Gasteiger partial charge in [-0.2, -0.15) is 5.26 Å². The third-order valence-electron chi connectivity index (χ3n) is 2.59. The van der Waals surface area contributed by atoms with E-state index in [2.05, 4.69) is 4.74 Å². The zero-order valence-electron chi connectivity index (χ0n) is 10.00. The summed E-state index contributed by atoms with van der Waals surface area (Å²) in [5.41, 5.74) is 0.202. The van der Waals surface area contributed by atoms with Gasteiger partial charge in [-0.15, -0.1) is 0 Å². The molecule has 0 spiro atoms. The predicted molar refractivity (Wildman–Crippen MR) is 59.5 cm³/mol. The van der Waals surface area contributed by atoms with Crippen LogP contribution in [0.2, 0.25) is 0 Å². The highest BCUT2D eigenvalue weighted by Crippen LogP contribution is 2.22. The third-order valence-corrected chi connectivity index (χ3v) is 2.59. The number of halogens is 2. The molecule has 0 heterocycles. The van der Waals surface area contributed by atoms with E-state index in [1.54, 1.807) is 18.9 Å². The zero-order chi connectivity index (χ0) is 13.0. The fourth-order valence-electron chi connectivity index (χ4n) is 1.35. The van der Waals surface area contributed by atoms with Gasteiger partial charge >= 0.3 is 0 Å². The summed E-state index contributed by atoms with van der Waals surface area (Å²) in [5.74, 6) is -1.27. The van der Waals surface area contributed by atoms with Crippen molar-refractivity contribution in [2.75, 3.05) is 14.2 Å².